The standard InChI is InChI=1S/C11H11ClN2OS/c1-7(2)15-9-5-3-4-8(6-9)10-13-14-11(12)16-10/h3-7H,1-2H3. The highest BCUT2D eigenvalue weighted by molar-refractivity contribution is 7.18. The molecule has 0 N–H and O–H groups in total. The molecule has 16 heavy (non-hydrogen) atoms. The van der Waals surface area contributed by atoms with E-state index in [1.807, 2.05) is 38.1 Å². The molecule has 2 rings (SSSR count). The number of nitrogens with zero attached hydrogens (tertiary/aromatic N) is 2. The van der Waals surface area contributed by atoms with Gasteiger partial charge >= 0.3 is 0 Å². The number of ether oxygens (including phenoxy) is 1. The fourth-order valence-electron chi connectivity index (χ4n) is 1.30. The van der Waals surface area contributed by atoms with Crippen LogP contribution in [0.4, 0.5) is 0 Å². The summed E-state index contributed by atoms with van der Waals surface area (Å²) in [7, 11) is 0. The van der Waals surface area contributed by atoms with Crippen molar-refractivity contribution in [2.24, 2.45) is 0 Å². The van der Waals surface area contributed by atoms with E-state index in [1.165, 1.54) is 11.3 Å². The van der Waals surface area contributed by atoms with Crippen LogP contribution in [0.5, 0.6) is 5.75 Å². The normalized spacial score (nSPS) is 10.8. The lowest BCUT2D eigenvalue weighted by Gasteiger charge is -2.09. The minimum atomic E-state index is 0.160. The molecular weight excluding hydrogens is 244 g/mol. The van der Waals surface area contributed by atoms with Crippen LogP contribution in [0, 0.1) is 0 Å². The SMILES string of the molecule is CC(C)Oc1cccc(-c2nnc(Cl)s2)c1. The third-order valence-corrected chi connectivity index (χ3v) is 2.92. The molecule has 1 heterocycles. The van der Waals surface area contributed by atoms with Gasteiger partial charge in [0.05, 0.1) is 6.10 Å². The van der Waals surface area contributed by atoms with Crippen LogP contribution in [0.15, 0.2) is 24.3 Å². The van der Waals surface area contributed by atoms with Gasteiger partial charge in [-0.3, -0.25) is 0 Å². The fourth-order valence-corrected chi connectivity index (χ4v) is 2.12. The lowest BCUT2D eigenvalue weighted by Crippen LogP contribution is -2.05. The van der Waals surface area contributed by atoms with E-state index < -0.39 is 0 Å². The van der Waals surface area contributed by atoms with Crippen LogP contribution < -0.4 is 4.74 Å². The van der Waals surface area contributed by atoms with Gasteiger partial charge in [0.15, 0.2) is 0 Å². The topological polar surface area (TPSA) is 35.0 Å². The number of benzene rings is 1. The maximum atomic E-state index is 5.75. The lowest BCUT2D eigenvalue weighted by molar-refractivity contribution is 0.242. The Balaban J connectivity index is 2.28. The van der Waals surface area contributed by atoms with Gasteiger partial charge in [-0.05, 0) is 37.6 Å². The summed E-state index contributed by atoms with van der Waals surface area (Å²) in [5, 5.41) is 8.57. The van der Waals surface area contributed by atoms with Crippen molar-refractivity contribution >= 4 is 22.9 Å². The number of rotatable bonds is 3. The zero-order valence-corrected chi connectivity index (χ0v) is 10.5. The van der Waals surface area contributed by atoms with E-state index in [0.29, 0.717) is 4.47 Å². The van der Waals surface area contributed by atoms with E-state index in [9.17, 15) is 0 Å². The number of aromatic nitrogens is 2. The van der Waals surface area contributed by atoms with E-state index in [0.717, 1.165) is 16.3 Å². The molecule has 3 nitrogen and oxygen atoms in total. The molecule has 2 aromatic rings. The van der Waals surface area contributed by atoms with Crippen LogP contribution in [0.3, 0.4) is 0 Å². The Morgan fingerprint density at radius 1 is 1.31 bits per heavy atom. The monoisotopic (exact) mass is 254 g/mol. The fraction of sp³-hybridized carbons (Fsp3) is 0.273. The molecule has 0 saturated heterocycles. The first-order valence-electron chi connectivity index (χ1n) is 4.91. The highest BCUT2D eigenvalue weighted by Gasteiger charge is 2.06. The van der Waals surface area contributed by atoms with Gasteiger partial charge in [0.1, 0.15) is 10.8 Å². The quantitative estimate of drug-likeness (QED) is 0.839. The second-order valence-corrected chi connectivity index (χ2v) is 5.11. The first-order chi connectivity index (χ1) is 7.65. The van der Waals surface area contributed by atoms with Crippen molar-refractivity contribution in [3.63, 3.8) is 0 Å². The Morgan fingerprint density at radius 2 is 2.12 bits per heavy atom. The van der Waals surface area contributed by atoms with Crippen LogP contribution in [0.1, 0.15) is 13.8 Å². The third kappa shape index (κ3) is 2.71. The van der Waals surface area contributed by atoms with E-state index in [4.69, 9.17) is 16.3 Å². The molecule has 0 unspecified atom stereocenters. The van der Waals surface area contributed by atoms with E-state index >= 15 is 0 Å². The minimum Gasteiger partial charge on any atom is -0.491 e. The van der Waals surface area contributed by atoms with Crippen LogP contribution in [-0.2, 0) is 0 Å². The van der Waals surface area contributed by atoms with Crippen LogP contribution >= 0.6 is 22.9 Å². The average molecular weight is 255 g/mol. The van der Waals surface area contributed by atoms with Gasteiger partial charge < -0.3 is 4.74 Å². The highest BCUT2D eigenvalue weighted by Crippen LogP contribution is 2.28. The van der Waals surface area contributed by atoms with Gasteiger partial charge in [0.25, 0.3) is 0 Å². The summed E-state index contributed by atoms with van der Waals surface area (Å²) in [5.41, 5.74) is 0.975. The zero-order chi connectivity index (χ0) is 11.5. The molecule has 0 atom stereocenters. The lowest BCUT2D eigenvalue weighted by atomic mass is 10.2. The summed E-state index contributed by atoms with van der Waals surface area (Å²) in [6.07, 6.45) is 0.160. The Kier molecular flexibility index (Phi) is 3.41. The molecule has 1 aromatic heterocycles. The second kappa shape index (κ2) is 4.80. The van der Waals surface area contributed by atoms with Crippen LogP contribution in [0.25, 0.3) is 10.6 Å². The Labute approximate surface area is 103 Å². The van der Waals surface area contributed by atoms with E-state index in [-0.39, 0.29) is 6.10 Å². The summed E-state index contributed by atoms with van der Waals surface area (Å²) in [4.78, 5) is 0. The van der Waals surface area contributed by atoms with Crippen molar-refractivity contribution in [3.8, 4) is 16.3 Å². The van der Waals surface area contributed by atoms with Gasteiger partial charge in [-0.1, -0.05) is 23.5 Å². The molecule has 0 saturated carbocycles. The van der Waals surface area contributed by atoms with Crippen molar-refractivity contribution in [1.29, 1.82) is 0 Å². The van der Waals surface area contributed by atoms with E-state index in [1.54, 1.807) is 0 Å². The van der Waals surface area contributed by atoms with Crippen molar-refractivity contribution < 1.29 is 4.74 Å². The first-order valence-corrected chi connectivity index (χ1v) is 6.10. The molecule has 0 aliphatic rings. The van der Waals surface area contributed by atoms with Crippen molar-refractivity contribution in [2.75, 3.05) is 0 Å². The van der Waals surface area contributed by atoms with Crippen LogP contribution in [0.2, 0.25) is 4.47 Å². The smallest absolute Gasteiger partial charge is 0.207 e. The number of hydrogen-bond donors (Lipinski definition) is 0. The Bertz CT molecular complexity index is 484. The molecule has 1 aromatic carbocycles. The molecule has 0 aliphatic heterocycles. The van der Waals surface area contributed by atoms with Gasteiger partial charge in [-0.15, -0.1) is 10.2 Å². The van der Waals surface area contributed by atoms with Gasteiger partial charge in [0.2, 0.25) is 4.47 Å². The van der Waals surface area contributed by atoms with Crippen molar-refractivity contribution in [2.45, 2.75) is 20.0 Å². The summed E-state index contributed by atoms with van der Waals surface area (Å²) >= 11 is 7.10. The summed E-state index contributed by atoms with van der Waals surface area (Å²) in [6, 6.07) is 7.76. The predicted octanol–water partition coefficient (Wildman–Crippen LogP) is 3.65. The first kappa shape index (κ1) is 11.4. The van der Waals surface area contributed by atoms with Crippen molar-refractivity contribution in [1.82, 2.24) is 10.2 Å². The Hall–Kier alpha value is -1.13. The summed E-state index contributed by atoms with van der Waals surface area (Å²) < 4.78 is 6.06. The van der Waals surface area contributed by atoms with Crippen molar-refractivity contribution in [3.05, 3.63) is 28.7 Å². The maximum Gasteiger partial charge on any atom is 0.207 e. The molecule has 0 radical (unpaired) electrons. The number of hydrogen-bond acceptors (Lipinski definition) is 4. The molecular formula is C11H11ClN2OS. The molecule has 0 spiro atoms. The molecule has 0 amide bonds. The van der Waals surface area contributed by atoms with Gasteiger partial charge in [0, 0.05) is 5.56 Å². The summed E-state index contributed by atoms with van der Waals surface area (Å²) in [5.74, 6) is 0.832. The molecule has 0 bridgehead atoms. The molecule has 5 heteroatoms. The molecule has 0 fully saturated rings. The maximum absolute atomic E-state index is 5.75. The van der Waals surface area contributed by atoms with Gasteiger partial charge in [-0.25, -0.2) is 0 Å². The minimum absolute atomic E-state index is 0.160. The second-order valence-electron chi connectivity index (χ2n) is 3.55. The Morgan fingerprint density at radius 3 is 2.75 bits per heavy atom. The molecule has 0 aliphatic carbocycles. The molecule has 84 valence electrons. The summed E-state index contributed by atoms with van der Waals surface area (Å²) in [6.45, 7) is 3.99. The number of halogens is 1. The third-order valence-electron chi connectivity index (χ3n) is 1.85. The average Bonchev–Trinajstić information content (AvgIpc) is 2.64. The largest absolute Gasteiger partial charge is 0.491 e. The van der Waals surface area contributed by atoms with Gasteiger partial charge in [-0.2, -0.15) is 0 Å². The van der Waals surface area contributed by atoms with E-state index in [2.05, 4.69) is 10.2 Å². The van der Waals surface area contributed by atoms with Crippen LogP contribution in [-0.4, -0.2) is 16.3 Å². The highest BCUT2D eigenvalue weighted by atomic mass is 35.5. The predicted molar refractivity (Wildman–Crippen MR) is 66.1 cm³/mol. The zero-order valence-electron chi connectivity index (χ0n) is 8.98.